The molecule has 1 N–H and O–H groups in total. The van der Waals surface area contributed by atoms with Gasteiger partial charge in [-0.05, 0) is 11.8 Å². The number of sulfonamides is 1. The van der Waals surface area contributed by atoms with Crippen molar-refractivity contribution < 1.29 is 26.8 Å². The summed E-state index contributed by atoms with van der Waals surface area (Å²) in [6, 6.07) is 0. The van der Waals surface area contributed by atoms with Crippen LogP contribution < -0.4 is 4.89 Å². The van der Waals surface area contributed by atoms with Crippen LogP contribution >= 0.6 is 0 Å². The van der Waals surface area contributed by atoms with Gasteiger partial charge >= 0.3 is 21.8 Å². The van der Waals surface area contributed by atoms with Crippen molar-refractivity contribution in [2.45, 2.75) is 12.7 Å². The van der Waals surface area contributed by atoms with E-state index in [4.69, 9.17) is 0 Å². The molecule has 13 heavy (non-hydrogen) atoms. The topological polar surface area (TPSA) is 72.5 Å². The average molecular weight is 215 g/mol. The Morgan fingerprint density at radius 3 is 2.31 bits per heavy atom. The van der Waals surface area contributed by atoms with Crippen LogP contribution in [0.4, 0.5) is 8.78 Å². The molecule has 0 saturated carbocycles. The van der Waals surface area contributed by atoms with Crippen LogP contribution in [0.2, 0.25) is 0 Å². The highest BCUT2D eigenvalue weighted by Crippen LogP contribution is 2.02. The van der Waals surface area contributed by atoms with Crippen molar-refractivity contribution in [3.63, 3.8) is 0 Å². The molecule has 0 aromatic rings. The third-order valence-electron chi connectivity index (χ3n) is 0.834. The van der Waals surface area contributed by atoms with Crippen LogP contribution in [0.5, 0.6) is 0 Å². The zero-order chi connectivity index (χ0) is 10.6. The van der Waals surface area contributed by atoms with E-state index >= 15 is 0 Å². The highest BCUT2D eigenvalue weighted by Gasteiger charge is 2.25. The lowest BCUT2D eigenvalue weighted by Crippen LogP contribution is -2.31. The van der Waals surface area contributed by atoms with Crippen molar-refractivity contribution >= 4 is 16.0 Å². The van der Waals surface area contributed by atoms with Gasteiger partial charge in [0.15, 0.2) is 0 Å². The summed E-state index contributed by atoms with van der Waals surface area (Å²) < 4.78 is 43.8. The van der Waals surface area contributed by atoms with Crippen LogP contribution in [0.1, 0.15) is 6.92 Å². The fourth-order valence-electron chi connectivity index (χ4n) is 0.219. The van der Waals surface area contributed by atoms with Gasteiger partial charge < -0.3 is 4.84 Å². The number of alkyl halides is 2. The Balaban J connectivity index is 4.20. The third-order valence-corrected chi connectivity index (χ3v) is 1.62. The highest BCUT2D eigenvalue weighted by atomic mass is 32.2. The molecule has 0 amide bonds. The molecule has 0 atom stereocenters. The van der Waals surface area contributed by atoms with E-state index < -0.39 is 21.8 Å². The molecule has 0 aliphatic heterocycles. The van der Waals surface area contributed by atoms with Crippen LogP contribution in [0.3, 0.4) is 0 Å². The maximum atomic E-state index is 11.6. The molecule has 0 aromatic carbocycles. The quantitative estimate of drug-likeness (QED) is 0.535. The molecule has 0 fully saturated rings. The summed E-state index contributed by atoms with van der Waals surface area (Å²) in [4.78, 5) is 15.2. The Bertz CT molecular complexity index is 310. The number of carbonyl (C=O) groups is 1. The van der Waals surface area contributed by atoms with Crippen molar-refractivity contribution in [3.05, 3.63) is 12.2 Å². The molecule has 0 aromatic heterocycles. The molecule has 5 nitrogen and oxygen atoms in total. The van der Waals surface area contributed by atoms with E-state index in [1.54, 1.807) is 0 Å². The molecule has 0 radical (unpaired) electrons. The van der Waals surface area contributed by atoms with Gasteiger partial charge in [-0.15, -0.1) is 0 Å². The summed E-state index contributed by atoms with van der Waals surface area (Å²) in [6.07, 6.45) is 0. The molecule has 0 bridgehead atoms. The number of nitrogens with one attached hydrogen (secondary N) is 1. The van der Waals surface area contributed by atoms with Crippen molar-refractivity contribution in [1.29, 1.82) is 0 Å². The second kappa shape index (κ2) is 4.28. The van der Waals surface area contributed by atoms with Gasteiger partial charge in [-0.3, -0.25) is 0 Å². The van der Waals surface area contributed by atoms with Crippen LogP contribution in [0.15, 0.2) is 12.2 Å². The lowest BCUT2D eigenvalue weighted by atomic mass is 10.4. The molecular weight excluding hydrogens is 208 g/mol. The number of carbonyl (C=O) groups excluding carboxylic acids is 1. The standard InChI is InChI=1S/C5H7F2NO4S/c1-3(2)4(9)12-8-13(10,11)5(6)7/h5,8H,1H2,2H3. The smallest absolute Gasteiger partial charge is 0.351 e. The Morgan fingerprint density at radius 2 is 2.00 bits per heavy atom. The fraction of sp³-hybridized carbons (Fsp3) is 0.400. The molecule has 76 valence electrons. The minimum atomic E-state index is -4.89. The molecule has 8 heteroatoms. The Hall–Kier alpha value is -1.02. The highest BCUT2D eigenvalue weighted by molar-refractivity contribution is 7.89. The summed E-state index contributed by atoms with van der Waals surface area (Å²) in [7, 11) is -4.89. The lowest BCUT2D eigenvalue weighted by Gasteiger charge is -2.04. The van der Waals surface area contributed by atoms with E-state index in [1.165, 1.54) is 6.92 Å². The number of halogens is 2. The van der Waals surface area contributed by atoms with E-state index in [9.17, 15) is 22.0 Å². The van der Waals surface area contributed by atoms with E-state index in [-0.39, 0.29) is 5.57 Å². The predicted octanol–water partition coefficient (Wildman–Crippen LogP) is 0.163. The van der Waals surface area contributed by atoms with Gasteiger partial charge in [-0.1, -0.05) is 6.58 Å². The largest absolute Gasteiger partial charge is 0.353 e. The van der Waals surface area contributed by atoms with Gasteiger partial charge in [0.2, 0.25) is 0 Å². The molecule has 0 aliphatic carbocycles. The van der Waals surface area contributed by atoms with Gasteiger partial charge in [-0.2, -0.15) is 8.78 Å². The normalized spacial score (nSPS) is 11.4. The van der Waals surface area contributed by atoms with E-state index in [1.807, 2.05) is 0 Å². The molecule has 0 rings (SSSR count). The first-order chi connectivity index (χ1) is 5.77. The molecule has 0 spiro atoms. The molecule has 0 saturated heterocycles. The minimum absolute atomic E-state index is 0.114. The van der Waals surface area contributed by atoms with Crippen molar-refractivity contribution in [1.82, 2.24) is 4.89 Å². The van der Waals surface area contributed by atoms with Gasteiger partial charge in [-0.25, -0.2) is 13.2 Å². The molecule has 0 aliphatic rings. The number of hydrogen-bond donors (Lipinski definition) is 1. The number of hydrogen-bond acceptors (Lipinski definition) is 4. The van der Waals surface area contributed by atoms with Crippen molar-refractivity contribution in [2.24, 2.45) is 0 Å². The number of rotatable bonds is 4. The first-order valence-electron chi connectivity index (χ1n) is 2.93. The Morgan fingerprint density at radius 1 is 1.54 bits per heavy atom. The maximum Gasteiger partial charge on any atom is 0.353 e. The summed E-state index contributed by atoms with van der Waals surface area (Å²) in [6.45, 7) is 4.34. The van der Waals surface area contributed by atoms with Crippen LogP contribution in [0.25, 0.3) is 0 Å². The SMILES string of the molecule is C=C(C)C(=O)ONS(=O)(=O)C(F)F. The van der Waals surface area contributed by atoms with E-state index in [0.717, 1.165) is 4.89 Å². The second-order valence-electron chi connectivity index (χ2n) is 2.06. The monoisotopic (exact) mass is 215 g/mol. The molecule has 0 unspecified atom stereocenters. The second-order valence-corrected chi connectivity index (χ2v) is 3.67. The third kappa shape index (κ3) is 3.95. The average Bonchev–Trinajstić information content (AvgIpc) is 1.99. The van der Waals surface area contributed by atoms with Gasteiger partial charge in [0.05, 0.1) is 0 Å². The Kier molecular flexibility index (Phi) is 3.95. The van der Waals surface area contributed by atoms with Crippen molar-refractivity contribution in [2.75, 3.05) is 0 Å². The molecular formula is C5H7F2NO4S. The molecule has 0 heterocycles. The summed E-state index contributed by atoms with van der Waals surface area (Å²) in [5, 5.41) is 0. The van der Waals surface area contributed by atoms with E-state index in [0.29, 0.717) is 0 Å². The maximum absolute atomic E-state index is 11.6. The first-order valence-corrected chi connectivity index (χ1v) is 4.47. The van der Waals surface area contributed by atoms with Gasteiger partial charge in [0.25, 0.3) is 0 Å². The summed E-state index contributed by atoms with van der Waals surface area (Å²) in [5.41, 5.74) is -0.114. The Labute approximate surface area is 73.4 Å². The first kappa shape index (κ1) is 12.0. The van der Waals surface area contributed by atoms with E-state index in [2.05, 4.69) is 11.4 Å². The summed E-state index contributed by atoms with van der Waals surface area (Å²) >= 11 is 0. The van der Waals surface area contributed by atoms with Gasteiger partial charge in [0, 0.05) is 5.57 Å². The zero-order valence-corrected chi connectivity index (χ0v) is 7.40. The van der Waals surface area contributed by atoms with Gasteiger partial charge in [0.1, 0.15) is 0 Å². The van der Waals surface area contributed by atoms with Crippen molar-refractivity contribution in [3.8, 4) is 0 Å². The lowest BCUT2D eigenvalue weighted by molar-refractivity contribution is -0.142. The fourth-order valence-corrected chi connectivity index (χ4v) is 0.484. The van der Waals surface area contributed by atoms with Crippen LogP contribution in [-0.4, -0.2) is 20.1 Å². The van der Waals surface area contributed by atoms with Crippen LogP contribution in [-0.2, 0) is 19.7 Å². The summed E-state index contributed by atoms with van der Waals surface area (Å²) in [5.74, 6) is -4.77. The van der Waals surface area contributed by atoms with Crippen LogP contribution in [0, 0.1) is 0 Å². The predicted molar refractivity (Wildman–Crippen MR) is 39.0 cm³/mol. The minimum Gasteiger partial charge on any atom is -0.351 e. The zero-order valence-electron chi connectivity index (χ0n) is 6.58.